The molecule has 2 fully saturated rings. The van der Waals surface area contributed by atoms with Crippen molar-refractivity contribution < 1.29 is 4.74 Å². The minimum absolute atomic E-state index is 0.390. The van der Waals surface area contributed by atoms with Gasteiger partial charge >= 0.3 is 0 Å². The van der Waals surface area contributed by atoms with E-state index in [-0.39, 0.29) is 0 Å². The van der Waals surface area contributed by atoms with Gasteiger partial charge in [0.15, 0.2) is 0 Å². The summed E-state index contributed by atoms with van der Waals surface area (Å²) in [5, 5.41) is 0. The second-order valence-electron chi connectivity index (χ2n) is 5.65. The van der Waals surface area contributed by atoms with Crippen LogP contribution < -0.4 is 0 Å². The minimum atomic E-state index is 0.390. The van der Waals surface area contributed by atoms with E-state index in [1.807, 2.05) is 18.3 Å². The molecule has 20 heavy (non-hydrogen) atoms. The maximum absolute atomic E-state index is 5.48. The van der Waals surface area contributed by atoms with Crippen molar-refractivity contribution in [2.24, 2.45) is 5.92 Å². The highest BCUT2D eigenvalue weighted by atomic mass is 16.5. The third kappa shape index (κ3) is 3.39. The van der Waals surface area contributed by atoms with E-state index in [2.05, 4.69) is 21.7 Å². The number of hydrogen-bond donors (Lipinski definition) is 0. The van der Waals surface area contributed by atoms with E-state index in [1.165, 1.54) is 25.7 Å². The Morgan fingerprint density at radius 2 is 2.05 bits per heavy atom. The molecule has 1 aromatic rings. The Balaban J connectivity index is 1.76. The Kier molecular flexibility index (Phi) is 4.68. The molecule has 1 aliphatic carbocycles. The van der Waals surface area contributed by atoms with Crippen LogP contribution in [-0.2, 0) is 4.74 Å². The summed E-state index contributed by atoms with van der Waals surface area (Å²) >= 11 is 0. The highest BCUT2D eigenvalue weighted by Gasteiger charge is 2.29. The van der Waals surface area contributed by atoms with Gasteiger partial charge in [-0.1, -0.05) is 24.7 Å². The zero-order chi connectivity index (χ0) is 13.6. The van der Waals surface area contributed by atoms with E-state index in [1.54, 1.807) is 6.20 Å². The SMILES string of the molecule is C(#CC(C1CCCC1)N1CCOCC1)c1cccnc1. The Bertz CT molecular complexity index is 465. The van der Waals surface area contributed by atoms with Crippen molar-refractivity contribution in [3.63, 3.8) is 0 Å². The van der Waals surface area contributed by atoms with Gasteiger partial charge in [-0.15, -0.1) is 0 Å². The van der Waals surface area contributed by atoms with Gasteiger partial charge in [-0.3, -0.25) is 9.88 Å². The molecule has 1 aromatic heterocycles. The largest absolute Gasteiger partial charge is 0.379 e. The van der Waals surface area contributed by atoms with Gasteiger partial charge in [-0.2, -0.15) is 0 Å². The molecule has 0 bridgehead atoms. The normalized spacial score (nSPS) is 22.2. The Morgan fingerprint density at radius 3 is 2.75 bits per heavy atom. The van der Waals surface area contributed by atoms with Crippen LogP contribution >= 0.6 is 0 Å². The first-order valence-electron chi connectivity index (χ1n) is 7.67. The Labute approximate surface area is 121 Å². The molecule has 0 radical (unpaired) electrons. The molecule has 1 unspecified atom stereocenters. The van der Waals surface area contributed by atoms with Gasteiger partial charge in [-0.25, -0.2) is 0 Å². The lowest BCUT2D eigenvalue weighted by molar-refractivity contribution is 0.0169. The average molecular weight is 270 g/mol. The molecule has 2 aliphatic rings. The lowest BCUT2D eigenvalue weighted by Crippen LogP contribution is -2.45. The molecular formula is C17H22N2O. The minimum Gasteiger partial charge on any atom is -0.379 e. The smallest absolute Gasteiger partial charge is 0.0748 e. The zero-order valence-electron chi connectivity index (χ0n) is 11.9. The molecule has 1 atom stereocenters. The van der Waals surface area contributed by atoms with Crippen molar-refractivity contribution in [2.75, 3.05) is 26.3 Å². The second kappa shape index (κ2) is 6.88. The molecule has 0 N–H and O–H groups in total. The highest BCUT2D eigenvalue weighted by molar-refractivity contribution is 5.33. The fraction of sp³-hybridized carbons (Fsp3) is 0.588. The van der Waals surface area contributed by atoms with E-state index in [0.29, 0.717) is 6.04 Å². The third-order valence-electron chi connectivity index (χ3n) is 4.31. The summed E-state index contributed by atoms with van der Waals surface area (Å²) in [5.41, 5.74) is 1.02. The van der Waals surface area contributed by atoms with Crippen LogP contribution in [0.15, 0.2) is 24.5 Å². The van der Waals surface area contributed by atoms with Crippen molar-refractivity contribution in [2.45, 2.75) is 31.7 Å². The number of hydrogen-bond acceptors (Lipinski definition) is 3. The summed E-state index contributed by atoms with van der Waals surface area (Å²) in [6.07, 6.45) is 9.01. The molecule has 1 saturated carbocycles. The summed E-state index contributed by atoms with van der Waals surface area (Å²) < 4.78 is 5.48. The van der Waals surface area contributed by atoms with Gasteiger partial charge in [-0.05, 0) is 30.9 Å². The van der Waals surface area contributed by atoms with E-state index >= 15 is 0 Å². The van der Waals surface area contributed by atoms with Gasteiger partial charge in [0.25, 0.3) is 0 Å². The van der Waals surface area contributed by atoms with Crippen molar-refractivity contribution in [1.82, 2.24) is 9.88 Å². The summed E-state index contributed by atoms with van der Waals surface area (Å²) in [6.45, 7) is 3.72. The molecule has 0 spiro atoms. The fourth-order valence-electron chi connectivity index (χ4n) is 3.23. The van der Waals surface area contributed by atoms with Gasteiger partial charge in [0, 0.05) is 31.0 Å². The number of pyridine rings is 1. The molecule has 0 amide bonds. The van der Waals surface area contributed by atoms with Crippen LogP contribution in [0.1, 0.15) is 31.2 Å². The summed E-state index contributed by atoms with van der Waals surface area (Å²) in [6, 6.07) is 4.37. The second-order valence-corrected chi connectivity index (χ2v) is 5.65. The van der Waals surface area contributed by atoms with Gasteiger partial charge in [0.1, 0.15) is 0 Å². The third-order valence-corrected chi connectivity index (χ3v) is 4.31. The Hall–Kier alpha value is -1.37. The first kappa shape index (κ1) is 13.6. The fourth-order valence-corrected chi connectivity index (χ4v) is 3.23. The predicted molar refractivity (Wildman–Crippen MR) is 79.3 cm³/mol. The van der Waals surface area contributed by atoms with Crippen LogP contribution in [0.25, 0.3) is 0 Å². The highest BCUT2D eigenvalue weighted by Crippen LogP contribution is 2.30. The number of aromatic nitrogens is 1. The zero-order valence-corrected chi connectivity index (χ0v) is 11.9. The quantitative estimate of drug-likeness (QED) is 0.771. The molecule has 0 aromatic carbocycles. The monoisotopic (exact) mass is 270 g/mol. The van der Waals surface area contributed by atoms with Crippen molar-refractivity contribution in [1.29, 1.82) is 0 Å². The van der Waals surface area contributed by atoms with Crippen LogP contribution in [-0.4, -0.2) is 42.2 Å². The standard InChI is InChI=1S/C17H22N2O/c1-2-6-16(5-1)17(19-10-12-20-13-11-19)8-7-15-4-3-9-18-14-15/h3-4,9,14,16-17H,1-2,5-6,10-13H2. The van der Waals surface area contributed by atoms with E-state index in [4.69, 9.17) is 4.74 Å². The first-order chi connectivity index (χ1) is 9.93. The summed E-state index contributed by atoms with van der Waals surface area (Å²) in [4.78, 5) is 6.65. The molecule has 3 rings (SSSR count). The number of rotatable bonds is 2. The molecular weight excluding hydrogens is 248 g/mol. The van der Waals surface area contributed by atoms with Crippen LogP contribution in [0.4, 0.5) is 0 Å². The number of nitrogens with zero attached hydrogens (tertiary/aromatic N) is 2. The van der Waals surface area contributed by atoms with E-state index < -0.39 is 0 Å². The lowest BCUT2D eigenvalue weighted by Gasteiger charge is -2.34. The molecule has 106 valence electrons. The molecule has 1 saturated heterocycles. The molecule has 3 nitrogen and oxygen atoms in total. The van der Waals surface area contributed by atoms with Crippen molar-refractivity contribution in [3.05, 3.63) is 30.1 Å². The molecule has 3 heteroatoms. The van der Waals surface area contributed by atoms with Crippen LogP contribution in [0, 0.1) is 17.8 Å². The van der Waals surface area contributed by atoms with Gasteiger partial charge < -0.3 is 4.74 Å². The topological polar surface area (TPSA) is 25.4 Å². The maximum Gasteiger partial charge on any atom is 0.0748 e. The van der Waals surface area contributed by atoms with E-state index in [9.17, 15) is 0 Å². The predicted octanol–water partition coefficient (Wildman–Crippen LogP) is 2.32. The molecule has 1 aliphatic heterocycles. The lowest BCUT2D eigenvalue weighted by atomic mass is 9.96. The van der Waals surface area contributed by atoms with Crippen molar-refractivity contribution >= 4 is 0 Å². The maximum atomic E-state index is 5.48. The molecule has 2 heterocycles. The van der Waals surface area contributed by atoms with Gasteiger partial charge in [0.2, 0.25) is 0 Å². The number of morpholine rings is 1. The first-order valence-corrected chi connectivity index (χ1v) is 7.67. The average Bonchev–Trinajstić information content (AvgIpc) is 3.04. The van der Waals surface area contributed by atoms with Gasteiger partial charge in [0.05, 0.1) is 19.3 Å². The summed E-state index contributed by atoms with van der Waals surface area (Å²) in [7, 11) is 0. The number of ether oxygens (including phenoxy) is 1. The summed E-state index contributed by atoms with van der Waals surface area (Å²) in [5.74, 6) is 7.59. The van der Waals surface area contributed by atoms with E-state index in [0.717, 1.165) is 37.8 Å². The Morgan fingerprint density at radius 1 is 1.25 bits per heavy atom. The van der Waals surface area contributed by atoms with Crippen LogP contribution in [0.3, 0.4) is 0 Å². The van der Waals surface area contributed by atoms with Crippen molar-refractivity contribution in [3.8, 4) is 11.8 Å². The van der Waals surface area contributed by atoms with Crippen LogP contribution in [0.5, 0.6) is 0 Å². The van der Waals surface area contributed by atoms with Crippen LogP contribution in [0.2, 0.25) is 0 Å².